The van der Waals surface area contributed by atoms with Gasteiger partial charge in [0.2, 0.25) is 0 Å². The Morgan fingerprint density at radius 1 is 1.11 bits per heavy atom. The quantitative estimate of drug-likeness (QED) is 0.640. The molecule has 2 aromatic carbocycles. The highest BCUT2D eigenvalue weighted by atomic mass is 16.5. The van der Waals surface area contributed by atoms with Gasteiger partial charge in [0, 0.05) is 18.0 Å². The highest BCUT2D eigenvalue weighted by Gasteiger charge is 2.14. The second-order valence-electron chi connectivity index (χ2n) is 5.79. The summed E-state index contributed by atoms with van der Waals surface area (Å²) in [4.78, 5) is 28.1. The van der Waals surface area contributed by atoms with E-state index >= 15 is 0 Å². The van der Waals surface area contributed by atoms with Crippen LogP contribution in [0.5, 0.6) is 5.75 Å². The zero-order valence-corrected chi connectivity index (χ0v) is 15.3. The van der Waals surface area contributed by atoms with Crippen molar-refractivity contribution in [1.82, 2.24) is 9.55 Å². The van der Waals surface area contributed by atoms with Gasteiger partial charge in [-0.15, -0.1) is 0 Å². The van der Waals surface area contributed by atoms with Gasteiger partial charge in [-0.05, 0) is 24.3 Å². The van der Waals surface area contributed by atoms with Crippen molar-refractivity contribution in [2.45, 2.75) is 0 Å². The second kappa shape index (κ2) is 8.68. The minimum atomic E-state index is -0.529. The molecule has 0 fully saturated rings. The monoisotopic (exact) mass is 377 g/mol. The van der Waals surface area contributed by atoms with Crippen molar-refractivity contribution < 1.29 is 19.1 Å². The van der Waals surface area contributed by atoms with Gasteiger partial charge in [0.25, 0.3) is 5.91 Å². The van der Waals surface area contributed by atoms with Crippen molar-refractivity contribution in [2.24, 2.45) is 0 Å². The summed E-state index contributed by atoms with van der Waals surface area (Å²) in [6.07, 6.45) is 5.06. The number of benzene rings is 2. The Balaban J connectivity index is 1.70. The number of aromatic nitrogens is 2. The molecule has 0 aliphatic rings. The van der Waals surface area contributed by atoms with Crippen molar-refractivity contribution in [3.8, 4) is 5.75 Å². The highest BCUT2D eigenvalue weighted by molar-refractivity contribution is 6.01. The van der Waals surface area contributed by atoms with E-state index in [1.165, 1.54) is 7.11 Å². The summed E-state index contributed by atoms with van der Waals surface area (Å²) < 4.78 is 12.2. The van der Waals surface area contributed by atoms with E-state index in [-0.39, 0.29) is 12.2 Å². The molecule has 0 aliphatic heterocycles. The van der Waals surface area contributed by atoms with Crippen molar-refractivity contribution in [2.75, 3.05) is 19.0 Å². The smallest absolute Gasteiger partial charge is 0.339 e. The van der Waals surface area contributed by atoms with Crippen LogP contribution < -0.4 is 10.1 Å². The maximum absolute atomic E-state index is 12.3. The van der Waals surface area contributed by atoms with Crippen molar-refractivity contribution in [3.05, 3.63) is 85.0 Å². The van der Waals surface area contributed by atoms with E-state index in [2.05, 4.69) is 16.9 Å². The van der Waals surface area contributed by atoms with Crippen LogP contribution in [0.25, 0.3) is 5.70 Å². The van der Waals surface area contributed by atoms with Gasteiger partial charge >= 0.3 is 5.97 Å². The molecule has 1 amide bonds. The molecule has 3 aromatic rings. The van der Waals surface area contributed by atoms with E-state index in [4.69, 9.17) is 9.47 Å². The van der Waals surface area contributed by atoms with Crippen LogP contribution in [0.4, 0.5) is 5.69 Å². The molecule has 0 unspecified atom stereocenters. The Hall–Kier alpha value is -3.87. The summed E-state index contributed by atoms with van der Waals surface area (Å²) in [5.41, 5.74) is 2.04. The number of carbonyl (C=O) groups excluding carboxylic acids is 2. The number of nitrogens with zero attached hydrogens (tertiary/aromatic N) is 2. The molecule has 0 saturated carbocycles. The van der Waals surface area contributed by atoms with Gasteiger partial charge in [-0.2, -0.15) is 0 Å². The predicted octanol–water partition coefficient (Wildman–Crippen LogP) is 3.21. The Labute approximate surface area is 162 Å². The number of anilines is 1. The zero-order chi connectivity index (χ0) is 19.9. The van der Waals surface area contributed by atoms with E-state index < -0.39 is 11.9 Å². The fourth-order valence-electron chi connectivity index (χ4n) is 2.60. The summed E-state index contributed by atoms with van der Waals surface area (Å²) >= 11 is 0. The number of imidazole rings is 1. The number of methoxy groups -OCH3 is 1. The third-order valence-electron chi connectivity index (χ3n) is 3.98. The second-order valence-corrected chi connectivity index (χ2v) is 5.79. The Kier molecular flexibility index (Phi) is 5.86. The first-order valence-corrected chi connectivity index (χ1v) is 8.46. The van der Waals surface area contributed by atoms with Crippen LogP contribution in [0.1, 0.15) is 15.9 Å². The molecule has 0 aliphatic carbocycles. The van der Waals surface area contributed by atoms with Crippen LogP contribution in [0.3, 0.4) is 0 Å². The fraction of sp³-hybridized carbons (Fsp3) is 0.0952. The largest absolute Gasteiger partial charge is 0.483 e. The highest BCUT2D eigenvalue weighted by Crippen LogP contribution is 2.26. The van der Waals surface area contributed by atoms with E-state index in [0.717, 1.165) is 5.56 Å². The lowest BCUT2D eigenvalue weighted by atomic mass is 10.1. The molecule has 0 radical (unpaired) electrons. The molecule has 0 bridgehead atoms. The molecule has 1 N–H and O–H groups in total. The van der Waals surface area contributed by atoms with Crippen molar-refractivity contribution in [1.29, 1.82) is 0 Å². The molecule has 1 heterocycles. The Bertz CT molecular complexity index is 996. The summed E-state index contributed by atoms with van der Waals surface area (Å²) in [5.74, 6) is -0.421. The zero-order valence-electron chi connectivity index (χ0n) is 15.3. The van der Waals surface area contributed by atoms with Gasteiger partial charge < -0.3 is 19.4 Å². The fourth-order valence-corrected chi connectivity index (χ4v) is 2.60. The summed E-state index contributed by atoms with van der Waals surface area (Å²) in [7, 11) is 1.29. The summed E-state index contributed by atoms with van der Waals surface area (Å²) in [5, 5.41) is 2.67. The normalized spacial score (nSPS) is 10.2. The molecule has 7 heteroatoms. The molecule has 142 valence electrons. The number of carbonyl (C=O) groups is 2. The van der Waals surface area contributed by atoms with E-state index in [1.54, 1.807) is 53.6 Å². The standard InChI is InChI=1S/C21H19N3O4/c1-15(24-12-11-22-14-24)16-7-4-6-10-19(16)28-13-20(25)23-18-9-5-3-8-17(18)21(26)27-2/h3-12,14H,1,13H2,2H3,(H,23,25). The molecular formula is C21H19N3O4. The lowest BCUT2D eigenvalue weighted by Gasteiger charge is -2.14. The molecule has 0 atom stereocenters. The van der Waals surface area contributed by atoms with Gasteiger partial charge in [-0.25, -0.2) is 9.78 Å². The lowest BCUT2D eigenvalue weighted by molar-refractivity contribution is -0.118. The topological polar surface area (TPSA) is 82.5 Å². The Morgan fingerprint density at radius 3 is 2.54 bits per heavy atom. The van der Waals surface area contributed by atoms with Gasteiger partial charge in [0.1, 0.15) is 5.75 Å². The average Bonchev–Trinajstić information content (AvgIpc) is 3.26. The number of hydrogen-bond acceptors (Lipinski definition) is 5. The minimum Gasteiger partial charge on any atom is -0.483 e. The Morgan fingerprint density at radius 2 is 1.82 bits per heavy atom. The average molecular weight is 377 g/mol. The van der Waals surface area contributed by atoms with Gasteiger partial charge in [0.05, 0.1) is 30.4 Å². The van der Waals surface area contributed by atoms with Gasteiger partial charge in [0.15, 0.2) is 6.61 Å². The van der Waals surface area contributed by atoms with E-state index in [0.29, 0.717) is 17.1 Å². The molecule has 1 aromatic heterocycles. The van der Waals surface area contributed by atoms with Gasteiger partial charge in [-0.3, -0.25) is 4.79 Å². The van der Waals surface area contributed by atoms with Crippen LogP contribution in [0.15, 0.2) is 73.8 Å². The maximum atomic E-state index is 12.3. The number of para-hydroxylation sites is 2. The maximum Gasteiger partial charge on any atom is 0.339 e. The van der Waals surface area contributed by atoms with E-state index in [9.17, 15) is 9.59 Å². The molecule has 7 nitrogen and oxygen atoms in total. The number of hydrogen-bond donors (Lipinski definition) is 1. The number of rotatable bonds is 7. The first-order valence-electron chi connectivity index (χ1n) is 8.46. The predicted molar refractivity (Wildman–Crippen MR) is 105 cm³/mol. The van der Waals surface area contributed by atoms with Crippen molar-refractivity contribution >= 4 is 23.3 Å². The van der Waals surface area contributed by atoms with Crippen LogP contribution in [-0.4, -0.2) is 35.1 Å². The molecule has 3 rings (SSSR count). The third kappa shape index (κ3) is 4.27. The SMILES string of the molecule is C=C(c1ccccc1OCC(=O)Nc1ccccc1C(=O)OC)n1ccnc1. The molecular weight excluding hydrogens is 358 g/mol. The first-order chi connectivity index (χ1) is 13.6. The summed E-state index contributed by atoms with van der Waals surface area (Å²) in [6, 6.07) is 13.9. The number of ether oxygens (including phenoxy) is 2. The van der Waals surface area contributed by atoms with E-state index in [1.807, 2.05) is 18.2 Å². The van der Waals surface area contributed by atoms with Crippen LogP contribution in [-0.2, 0) is 9.53 Å². The number of amides is 1. The number of nitrogens with one attached hydrogen (secondary N) is 1. The molecule has 28 heavy (non-hydrogen) atoms. The molecule has 0 saturated heterocycles. The first kappa shape index (κ1) is 18.9. The van der Waals surface area contributed by atoms with Crippen molar-refractivity contribution in [3.63, 3.8) is 0 Å². The summed E-state index contributed by atoms with van der Waals surface area (Å²) in [6.45, 7) is 3.82. The van der Waals surface area contributed by atoms with Gasteiger partial charge in [-0.1, -0.05) is 30.8 Å². The van der Waals surface area contributed by atoms with Crippen LogP contribution in [0.2, 0.25) is 0 Å². The van der Waals surface area contributed by atoms with Crippen LogP contribution >= 0.6 is 0 Å². The lowest BCUT2D eigenvalue weighted by Crippen LogP contribution is -2.22. The molecule has 0 spiro atoms. The third-order valence-corrected chi connectivity index (χ3v) is 3.98. The minimum absolute atomic E-state index is 0.232. The van der Waals surface area contributed by atoms with Crippen LogP contribution in [0, 0.1) is 0 Å². The number of esters is 1.